The third-order valence-electron chi connectivity index (χ3n) is 4.98. The van der Waals surface area contributed by atoms with Gasteiger partial charge >= 0.3 is 0 Å². The molecule has 2 aromatic heterocycles. The number of aromatic nitrogens is 3. The van der Waals surface area contributed by atoms with E-state index >= 15 is 0 Å². The minimum atomic E-state index is -0.409. The van der Waals surface area contributed by atoms with E-state index in [4.69, 9.17) is 17.0 Å². The molecule has 2 fully saturated rings. The summed E-state index contributed by atoms with van der Waals surface area (Å²) >= 11 is 6.90. The molecule has 2 saturated heterocycles. The topological polar surface area (TPSA) is 71.9 Å². The van der Waals surface area contributed by atoms with E-state index in [1.165, 1.54) is 6.42 Å². The summed E-state index contributed by atoms with van der Waals surface area (Å²) in [5, 5.41) is 12.1. The van der Waals surface area contributed by atoms with Gasteiger partial charge in [-0.15, -0.1) is 11.3 Å². The van der Waals surface area contributed by atoms with Crippen LogP contribution in [0.1, 0.15) is 32.2 Å². The summed E-state index contributed by atoms with van der Waals surface area (Å²) in [6, 6.07) is 3.53. The van der Waals surface area contributed by atoms with Gasteiger partial charge in [-0.25, -0.2) is 0 Å². The Morgan fingerprint density at radius 2 is 2.50 bits per heavy atom. The van der Waals surface area contributed by atoms with Crippen molar-refractivity contribution in [1.29, 1.82) is 0 Å². The van der Waals surface area contributed by atoms with Gasteiger partial charge in [0, 0.05) is 12.5 Å². The first kappa shape index (κ1) is 16.0. The Balaban J connectivity index is 1.45. The minimum Gasteiger partial charge on any atom is -0.375 e. The van der Waals surface area contributed by atoms with Gasteiger partial charge in [-0.05, 0) is 49.9 Å². The zero-order valence-corrected chi connectivity index (χ0v) is 15.0. The first-order valence-corrected chi connectivity index (χ1v) is 9.56. The normalized spacial score (nSPS) is 26.6. The molecule has 0 spiro atoms. The van der Waals surface area contributed by atoms with E-state index in [1.807, 2.05) is 24.4 Å². The summed E-state index contributed by atoms with van der Waals surface area (Å²) in [7, 11) is 0. The molecular formula is C16H20N4O2S2. The Bertz CT molecular complexity index is 782. The number of amides is 1. The van der Waals surface area contributed by atoms with Crippen LogP contribution in [0.3, 0.4) is 0 Å². The van der Waals surface area contributed by atoms with Crippen molar-refractivity contribution in [2.45, 2.75) is 44.4 Å². The van der Waals surface area contributed by atoms with Gasteiger partial charge in [-0.1, -0.05) is 6.07 Å². The quantitative estimate of drug-likeness (QED) is 0.800. The second-order valence-corrected chi connectivity index (χ2v) is 7.82. The third-order valence-corrected chi connectivity index (χ3v) is 6.14. The number of nitrogens with one attached hydrogen (secondary N) is 2. The van der Waals surface area contributed by atoms with Crippen molar-refractivity contribution in [2.24, 2.45) is 5.92 Å². The molecule has 8 heteroatoms. The van der Waals surface area contributed by atoms with Gasteiger partial charge in [-0.2, -0.15) is 5.10 Å². The van der Waals surface area contributed by atoms with Crippen LogP contribution in [0.25, 0.3) is 10.7 Å². The fraction of sp³-hybridized carbons (Fsp3) is 0.562. The maximum Gasteiger partial charge on any atom is 0.242 e. The molecule has 0 radical (unpaired) electrons. The fourth-order valence-electron chi connectivity index (χ4n) is 3.70. The van der Waals surface area contributed by atoms with E-state index in [-0.39, 0.29) is 5.91 Å². The van der Waals surface area contributed by atoms with Crippen LogP contribution in [-0.4, -0.2) is 39.4 Å². The molecule has 0 aliphatic carbocycles. The number of aromatic amines is 1. The lowest BCUT2D eigenvalue weighted by Crippen LogP contribution is -2.37. The molecule has 4 heterocycles. The van der Waals surface area contributed by atoms with Crippen molar-refractivity contribution in [3.05, 3.63) is 22.3 Å². The summed E-state index contributed by atoms with van der Waals surface area (Å²) in [5.41, 5.74) is 0. The van der Waals surface area contributed by atoms with E-state index < -0.39 is 6.04 Å². The lowest BCUT2D eigenvalue weighted by molar-refractivity contribution is -0.124. The monoisotopic (exact) mass is 364 g/mol. The molecule has 2 bridgehead atoms. The minimum absolute atomic E-state index is 0.0342. The average molecular weight is 364 g/mol. The van der Waals surface area contributed by atoms with Crippen molar-refractivity contribution < 1.29 is 9.53 Å². The van der Waals surface area contributed by atoms with Crippen LogP contribution >= 0.6 is 23.6 Å². The highest BCUT2D eigenvalue weighted by molar-refractivity contribution is 7.71. The second kappa shape index (κ2) is 6.42. The number of hydrogen-bond donors (Lipinski definition) is 2. The second-order valence-electron chi connectivity index (χ2n) is 6.49. The average Bonchev–Trinajstić information content (AvgIpc) is 3.34. The molecule has 4 rings (SSSR count). The number of hydrogen-bond acceptors (Lipinski definition) is 5. The highest BCUT2D eigenvalue weighted by atomic mass is 32.1. The predicted octanol–water partition coefficient (Wildman–Crippen LogP) is 2.91. The molecule has 2 N–H and O–H groups in total. The lowest BCUT2D eigenvalue weighted by Gasteiger charge is -2.21. The van der Waals surface area contributed by atoms with Gasteiger partial charge in [0.1, 0.15) is 6.04 Å². The smallest absolute Gasteiger partial charge is 0.242 e. The molecule has 2 aromatic rings. The van der Waals surface area contributed by atoms with Crippen molar-refractivity contribution in [2.75, 3.05) is 6.54 Å². The van der Waals surface area contributed by atoms with Crippen molar-refractivity contribution in [3.63, 3.8) is 0 Å². The molecule has 2 aliphatic rings. The molecule has 0 saturated carbocycles. The number of ether oxygens (including phenoxy) is 1. The highest BCUT2D eigenvalue weighted by Gasteiger charge is 2.40. The maximum absolute atomic E-state index is 12.6. The molecule has 1 amide bonds. The van der Waals surface area contributed by atoms with Crippen molar-refractivity contribution in [1.82, 2.24) is 20.1 Å². The summed E-state index contributed by atoms with van der Waals surface area (Å²) in [4.78, 5) is 13.6. The molecule has 24 heavy (non-hydrogen) atoms. The first-order chi connectivity index (χ1) is 11.6. The Kier molecular flexibility index (Phi) is 4.28. The first-order valence-electron chi connectivity index (χ1n) is 8.27. The van der Waals surface area contributed by atoms with Crippen LogP contribution in [0.4, 0.5) is 0 Å². The van der Waals surface area contributed by atoms with Gasteiger partial charge < -0.3 is 10.1 Å². The number of H-pyrrole nitrogens is 1. The Hall–Kier alpha value is -1.51. The molecular weight excluding hydrogens is 344 g/mol. The molecule has 4 atom stereocenters. The molecule has 0 unspecified atom stereocenters. The molecule has 128 valence electrons. The summed E-state index contributed by atoms with van der Waals surface area (Å²) in [6.07, 6.45) is 4.08. The summed E-state index contributed by atoms with van der Waals surface area (Å²) < 4.78 is 8.10. The zero-order chi connectivity index (χ0) is 16.7. The Morgan fingerprint density at radius 1 is 1.62 bits per heavy atom. The molecule has 0 aromatic carbocycles. The predicted molar refractivity (Wildman–Crippen MR) is 94.4 cm³/mol. The van der Waals surface area contributed by atoms with Crippen molar-refractivity contribution in [3.8, 4) is 10.7 Å². The van der Waals surface area contributed by atoms with E-state index in [0.717, 1.165) is 17.7 Å². The zero-order valence-electron chi connectivity index (χ0n) is 13.4. The largest absolute Gasteiger partial charge is 0.375 e. The number of fused-ring (bicyclic) bond motifs is 2. The number of rotatable bonds is 5. The number of carbonyl (C=O) groups is 1. The maximum atomic E-state index is 12.6. The highest BCUT2D eigenvalue weighted by Crippen LogP contribution is 2.38. The van der Waals surface area contributed by atoms with Crippen molar-refractivity contribution >= 4 is 29.5 Å². The summed E-state index contributed by atoms with van der Waals surface area (Å²) in [6.45, 7) is 2.53. The van der Waals surface area contributed by atoms with E-state index in [9.17, 15) is 4.79 Å². The van der Waals surface area contributed by atoms with Crippen LogP contribution in [-0.2, 0) is 9.53 Å². The lowest BCUT2D eigenvalue weighted by atomic mass is 9.89. The van der Waals surface area contributed by atoms with Gasteiger partial charge in [0.05, 0.1) is 17.1 Å². The standard InChI is InChI=1S/C16H20N4O2S2/c1-9(15(21)17-8-10-7-11-4-5-12(10)22-11)20-14(18-19-16(20)23)13-3-2-6-24-13/h2-3,6,9-12H,4-5,7-8H2,1H3,(H,17,21)(H,19,23)/t9-,10-,11-,12-/m1/s1. The Labute approximate surface area is 149 Å². The van der Waals surface area contributed by atoms with E-state index in [0.29, 0.717) is 35.3 Å². The third kappa shape index (κ3) is 2.82. The van der Waals surface area contributed by atoms with Crippen LogP contribution in [0.2, 0.25) is 0 Å². The Morgan fingerprint density at radius 3 is 3.17 bits per heavy atom. The van der Waals surface area contributed by atoms with Gasteiger partial charge in [0.2, 0.25) is 5.91 Å². The van der Waals surface area contributed by atoms with Crippen LogP contribution in [0, 0.1) is 10.7 Å². The fourth-order valence-corrected chi connectivity index (χ4v) is 4.70. The van der Waals surface area contributed by atoms with Crippen LogP contribution in [0.15, 0.2) is 17.5 Å². The van der Waals surface area contributed by atoms with E-state index in [1.54, 1.807) is 15.9 Å². The van der Waals surface area contributed by atoms with Gasteiger partial charge in [0.15, 0.2) is 10.6 Å². The SMILES string of the molecule is C[C@H](C(=O)NC[C@H]1C[C@H]2CC[C@H]1O2)n1c(-c2cccs2)n[nH]c1=S. The summed E-state index contributed by atoms with van der Waals surface area (Å²) in [5.74, 6) is 1.11. The molecule has 2 aliphatic heterocycles. The molecule has 6 nitrogen and oxygen atoms in total. The number of nitrogens with zero attached hydrogens (tertiary/aromatic N) is 2. The van der Waals surface area contributed by atoms with E-state index in [2.05, 4.69) is 15.5 Å². The van der Waals surface area contributed by atoms with Crippen LogP contribution in [0.5, 0.6) is 0 Å². The number of thiophene rings is 1. The number of carbonyl (C=O) groups excluding carboxylic acids is 1. The van der Waals surface area contributed by atoms with Crippen LogP contribution < -0.4 is 5.32 Å². The van der Waals surface area contributed by atoms with Gasteiger partial charge in [-0.3, -0.25) is 14.5 Å². The van der Waals surface area contributed by atoms with Gasteiger partial charge in [0.25, 0.3) is 0 Å².